The minimum atomic E-state index is -0.316. The summed E-state index contributed by atoms with van der Waals surface area (Å²) < 4.78 is 9.83. The fourth-order valence-corrected chi connectivity index (χ4v) is 3.77. The molecule has 3 aromatic rings. The number of hydrogen-bond donors (Lipinski definition) is 1. The highest BCUT2D eigenvalue weighted by atomic mass is 35.5. The van der Waals surface area contributed by atoms with Gasteiger partial charge >= 0.3 is 5.69 Å². The average Bonchev–Trinajstić information content (AvgIpc) is 3.42. The van der Waals surface area contributed by atoms with Gasteiger partial charge in [0.1, 0.15) is 10.8 Å². The van der Waals surface area contributed by atoms with Gasteiger partial charge in [-0.05, 0) is 12.5 Å². The number of aromatic nitrogens is 5. The van der Waals surface area contributed by atoms with Crippen LogP contribution in [0.25, 0.3) is 5.65 Å². The number of amides is 1. The Hall–Kier alpha value is -3.27. The summed E-state index contributed by atoms with van der Waals surface area (Å²) in [5.41, 5.74) is 1.26. The summed E-state index contributed by atoms with van der Waals surface area (Å²) in [6, 6.07) is -0.189. The van der Waals surface area contributed by atoms with Gasteiger partial charge in [-0.15, -0.1) is 5.10 Å². The van der Waals surface area contributed by atoms with E-state index < -0.39 is 0 Å². The molecule has 1 saturated heterocycles. The summed E-state index contributed by atoms with van der Waals surface area (Å²) in [5, 5.41) is 7.66. The molecule has 4 rings (SSSR count). The zero-order chi connectivity index (χ0) is 20.7. The van der Waals surface area contributed by atoms with Crippen molar-refractivity contribution < 1.29 is 9.53 Å². The molecule has 1 atom stereocenters. The first kappa shape index (κ1) is 19.1. The molecular weight excluding hydrogens is 398 g/mol. The molecular formula is C18H20ClN7O3. The molecule has 11 heteroatoms. The highest BCUT2D eigenvalue weighted by molar-refractivity contribution is 6.29. The molecule has 0 aromatic carbocycles. The van der Waals surface area contributed by atoms with Crippen LogP contribution < -0.4 is 15.7 Å². The summed E-state index contributed by atoms with van der Waals surface area (Å²) in [5.74, 6) is 0.255. The molecule has 1 unspecified atom stereocenters. The minimum Gasteiger partial charge on any atom is -0.478 e. The molecule has 152 valence electrons. The van der Waals surface area contributed by atoms with Crippen molar-refractivity contribution in [2.45, 2.75) is 12.5 Å². The third-order valence-corrected chi connectivity index (χ3v) is 5.21. The number of hydrogen-bond acceptors (Lipinski definition) is 6. The summed E-state index contributed by atoms with van der Waals surface area (Å²) in [4.78, 5) is 31.0. The van der Waals surface area contributed by atoms with Crippen LogP contribution in [0.4, 0.5) is 11.4 Å². The van der Waals surface area contributed by atoms with Crippen LogP contribution in [0.15, 0.2) is 36.0 Å². The molecule has 1 amide bonds. The molecule has 0 bridgehead atoms. The van der Waals surface area contributed by atoms with Gasteiger partial charge in [0.2, 0.25) is 5.91 Å². The van der Waals surface area contributed by atoms with Crippen LogP contribution in [0.2, 0.25) is 5.15 Å². The molecule has 0 radical (unpaired) electrons. The van der Waals surface area contributed by atoms with Crippen molar-refractivity contribution in [3.63, 3.8) is 0 Å². The van der Waals surface area contributed by atoms with Gasteiger partial charge in [0, 0.05) is 26.3 Å². The topological polar surface area (TPSA) is 98.7 Å². The Labute approximate surface area is 171 Å². The van der Waals surface area contributed by atoms with Gasteiger partial charge in [-0.1, -0.05) is 18.2 Å². The van der Waals surface area contributed by atoms with E-state index in [1.165, 1.54) is 23.8 Å². The maximum Gasteiger partial charge on any atom is 0.335 e. The van der Waals surface area contributed by atoms with E-state index >= 15 is 0 Å². The van der Waals surface area contributed by atoms with E-state index in [9.17, 15) is 9.59 Å². The average molecular weight is 418 g/mol. The summed E-state index contributed by atoms with van der Waals surface area (Å²) in [6.45, 7) is 4.49. The number of nitrogens with one attached hydrogen (secondary N) is 1. The number of carbonyl (C=O) groups is 1. The summed E-state index contributed by atoms with van der Waals surface area (Å²) in [7, 11) is 3.31. The fourth-order valence-electron chi connectivity index (χ4n) is 3.57. The number of rotatable bonds is 5. The molecule has 1 fully saturated rings. The number of carbonyl (C=O) groups excluding carboxylic acids is 1. The number of likely N-dealkylation sites (tertiary alicyclic amines) is 1. The fraction of sp³-hybridized carbons (Fsp3) is 0.333. The van der Waals surface area contributed by atoms with Gasteiger partial charge in [0.25, 0.3) is 5.88 Å². The number of nitrogens with zero attached hydrogens (tertiary/aromatic N) is 6. The zero-order valence-electron chi connectivity index (χ0n) is 16.0. The quantitative estimate of drug-likeness (QED) is 0.633. The van der Waals surface area contributed by atoms with Crippen molar-refractivity contribution in [2.24, 2.45) is 7.05 Å². The molecule has 0 saturated carbocycles. The minimum absolute atomic E-state index is 0.152. The van der Waals surface area contributed by atoms with Crippen LogP contribution in [0.5, 0.6) is 5.88 Å². The predicted molar refractivity (Wildman–Crippen MR) is 108 cm³/mol. The smallest absolute Gasteiger partial charge is 0.335 e. The monoisotopic (exact) mass is 417 g/mol. The Balaban J connectivity index is 1.79. The van der Waals surface area contributed by atoms with Crippen molar-refractivity contribution in [2.75, 3.05) is 25.5 Å². The third kappa shape index (κ3) is 3.25. The second-order valence-corrected chi connectivity index (χ2v) is 7.14. The van der Waals surface area contributed by atoms with Crippen molar-refractivity contribution in [1.29, 1.82) is 0 Å². The molecule has 29 heavy (non-hydrogen) atoms. The maximum absolute atomic E-state index is 13.1. The number of ether oxygens (including phenoxy) is 1. The molecule has 1 aliphatic rings. The first-order valence-corrected chi connectivity index (χ1v) is 9.34. The predicted octanol–water partition coefficient (Wildman–Crippen LogP) is 1.59. The summed E-state index contributed by atoms with van der Waals surface area (Å²) >= 11 is 6.24. The van der Waals surface area contributed by atoms with Crippen LogP contribution in [-0.2, 0) is 11.8 Å². The van der Waals surface area contributed by atoms with E-state index in [0.29, 0.717) is 42.4 Å². The van der Waals surface area contributed by atoms with Gasteiger partial charge in [-0.2, -0.15) is 0 Å². The van der Waals surface area contributed by atoms with E-state index in [2.05, 4.69) is 22.0 Å². The van der Waals surface area contributed by atoms with Gasteiger partial charge in [0.05, 0.1) is 31.2 Å². The molecule has 4 heterocycles. The number of anilines is 2. The molecule has 3 aromatic heterocycles. The van der Waals surface area contributed by atoms with Crippen LogP contribution in [-0.4, -0.2) is 54.7 Å². The first-order valence-electron chi connectivity index (χ1n) is 8.97. The van der Waals surface area contributed by atoms with E-state index in [1.807, 2.05) is 0 Å². The number of methoxy groups -OCH3 is 1. The lowest BCUT2D eigenvalue weighted by molar-refractivity contribution is -0.125. The summed E-state index contributed by atoms with van der Waals surface area (Å²) in [6.07, 6.45) is 6.81. The zero-order valence-corrected chi connectivity index (χ0v) is 16.8. The lowest BCUT2D eigenvalue weighted by atomic mass is 10.2. The van der Waals surface area contributed by atoms with Gasteiger partial charge < -0.3 is 15.0 Å². The van der Waals surface area contributed by atoms with Gasteiger partial charge in [-0.3, -0.25) is 14.0 Å². The Morgan fingerprint density at radius 2 is 2.21 bits per heavy atom. The van der Waals surface area contributed by atoms with E-state index in [4.69, 9.17) is 16.3 Å². The van der Waals surface area contributed by atoms with Crippen LogP contribution in [0, 0.1) is 0 Å². The standard InChI is InChI=1S/C18H20ClN7O3/c1-4-15(27)24-6-5-11(8-24)25-10-12(16-20-7-14(19)26(16)18(25)28)21-13-9-23(2)22-17(13)29-3/h4,7,9-11,21H,1,5-6,8H2,2-3H3. The Kier molecular flexibility index (Phi) is 4.79. The van der Waals surface area contributed by atoms with Crippen molar-refractivity contribution >= 4 is 34.5 Å². The Morgan fingerprint density at radius 1 is 1.41 bits per heavy atom. The third-order valence-electron chi connectivity index (χ3n) is 4.94. The highest BCUT2D eigenvalue weighted by Gasteiger charge is 2.28. The lowest BCUT2D eigenvalue weighted by Crippen LogP contribution is -2.33. The lowest BCUT2D eigenvalue weighted by Gasteiger charge is -2.18. The normalized spacial score (nSPS) is 16.4. The van der Waals surface area contributed by atoms with E-state index in [1.54, 1.807) is 33.6 Å². The van der Waals surface area contributed by atoms with Gasteiger partial charge in [0.15, 0.2) is 5.65 Å². The number of fused-ring (bicyclic) bond motifs is 1. The first-order chi connectivity index (χ1) is 13.9. The second-order valence-electron chi connectivity index (χ2n) is 6.75. The highest BCUT2D eigenvalue weighted by Crippen LogP contribution is 2.29. The molecule has 0 spiro atoms. The number of aryl methyl sites for hydroxylation is 1. The van der Waals surface area contributed by atoms with Gasteiger partial charge in [-0.25, -0.2) is 14.2 Å². The molecule has 1 N–H and O–H groups in total. The molecule has 10 nitrogen and oxygen atoms in total. The van der Waals surface area contributed by atoms with Crippen molar-refractivity contribution in [3.05, 3.63) is 46.9 Å². The van der Waals surface area contributed by atoms with Crippen LogP contribution in [0.1, 0.15) is 12.5 Å². The molecule has 0 aliphatic carbocycles. The van der Waals surface area contributed by atoms with Crippen LogP contribution in [0.3, 0.4) is 0 Å². The second kappa shape index (κ2) is 7.28. The maximum atomic E-state index is 13.1. The van der Waals surface area contributed by atoms with Crippen molar-refractivity contribution in [3.8, 4) is 5.88 Å². The SMILES string of the molecule is C=CC(=O)N1CCC(n2cc(Nc3cn(C)nc3OC)c3ncc(Cl)n3c2=O)C1. The van der Waals surface area contributed by atoms with E-state index in [0.717, 1.165) is 0 Å². The van der Waals surface area contributed by atoms with Crippen molar-refractivity contribution in [1.82, 2.24) is 28.6 Å². The van der Waals surface area contributed by atoms with E-state index in [-0.39, 0.29) is 22.8 Å². The molecule has 1 aliphatic heterocycles. The number of imidazole rings is 1. The van der Waals surface area contributed by atoms with Crippen LogP contribution >= 0.6 is 11.6 Å². The largest absolute Gasteiger partial charge is 0.478 e. The number of halogens is 1. The Morgan fingerprint density at radius 3 is 2.93 bits per heavy atom. The Bertz CT molecular complexity index is 1160.